The fourth-order valence-corrected chi connectivity index (χ4v) is 2.90. The third-order valence-electron chi connectivity index (χ3n) is 3.87. The maximum Gasteiger partial charge on any atom is 0.114 e. The Morgan fingerprint density at radius 1 is 1.00 bits per heavy atom. The van der Waals surface area contributed by atoms with Gasteiger partial charge in [-0.15, -0.1) is 0 Å². The zero-order chi connectivity index (χ0) is 12.8. The second kappa shape index (κ2) is 3.71. The Bertz CT molecular complexity index is 252. The molecule has 0 nitrogen and oxygen atoms in total. The van der Waals surface area contributed by atoms with Gasteiger partial charge < -0.3 is 0 Å². The van der Waals surface area contributed by atoms with Gasteiger partial charge in [0.05, 0.1) is 0 Å². The monoisotopic (exact) mass is 228 g/mol. The van der Waals surface area contributed by atoms with E-state index in [9.17, 15) is 4.39 Å². The molecule has 0 aromatic heterocycles. The molecule has 1 unspecified atom stereocenters. The molecule has 0 aromatic rings. The molecule has 0 amide bonds. The third kappa shape index (κ3) is 3.46. The predicted molar refractivity (Wildman–Crippen MR) is 69.3 cm³/mol. The third-order valence-corrected chi connectivity index (χ3v) is 3.87. The van der Waals surface area contributed by atoms with Crippen molar-refractivity contribution in [2.45, 2.75) is 79.8 Å². The molecule has 16 heavy (non-hydrogen) atoms. The summed E-state index contributed by atoms with van der Waals surface area (Å²) in [6.07, 6.45) is 3.96. The fourth-order valence-electron chi connectivity index (χ4n) is 2.90. The van der Waals surface area contributed by atoms with E-state index in [1.165, 1.54) is 0 Å². The highest BCUT2D eigenvalue weighted by Crippen LogP contribution is 2.66. The van der Waals surface area contributed by atoms with Crippen molar-refractivity contribution in [1.82, 2.24) is 0 Å². The molecule has 0 spiro atoms. The molecule has 1 heteroatoms. The number of rotatable bonds is 3. The van der Waals surface area contributed by atoms with Crippen LogP contribution in [0.3, 0.4) is 0 Å². The summed E-state index contributed by atoms with van der Waals surface area (Å²) in [5.41, 5.74) is -0.380. The van der Waals surface area contributed by atoms with Crippen LogP contribution >= 0.6 is 0 Å². The Labute approximate surface area is 101 Å². The van der Waals surface area contributed by atoms with Crippen molar-refractivity contribution in [1.29, 1.82) is 0 Å². The minimum absolute atomic E-state index is 0.0292. The van der Waals surface area contributed by atoms with E-state index >= 15 is 0 Å². The number of halogens is 1. The lowest BCUT2D eigenvalue weighted by Crippen LogP contribution is -2.22. The molecule has 1 saturated carbocycles. The van der Waals surface area contributed by atoms with Crippen LogP contribution < -0.4 is 0 Å². The van der Waals surface area contributed by atoms with Crippen LogP contribution in [0.15, 0.2) is 0 Å². The van der Waals surface area contributed by atoms with Crippen molar-refractivity contribution < 1.29 is 4.39 Å². The SMILES string of the molecule is CC(C)(C)CC[C@@]1(CC(C)(C)C)CC1(C)F. The highest BCUT2D eigenvalue weighted by Gasteiger charge is 2.65. The quantitative estimate of drug-likeness (QED) is 0.609. The van der Waals surface area contributed by atoms with Crippen LogP contribution in [-0.2, 0) is 0 Å². The van der Waals surface area contributed by atoms with Gasteiger partial charge in [0.2, 0.25) is 0 Å². The molecule has 2 atom stereocenters. The van der Waals surface area contributed by atoms with Gasteiger partial charge in [0.1, 0.15) is 5.67 Å². The molecule has 1 rings (SSSR count). The van der Waals surface area contributed by atoms with E-state index in [4.69, 9.17) is 0 Å². The second-order valence-electron chi connectivity index (χ2n) is 8.45. The first kappa shape index (κ1) is 14.0. The molecule has 96 valence electrons. The summed E-state index contributed by atoms with van der Waals surface area (Å²) in [6, 6.07) is 0. The van der Waals surface area contributed by atoms with Crippen molar-refractivity contribution in [3.05, 3.63) is 0 Å². The summed E-state index contributed by atoms with van der Waals surface area (Å²) < 4.78 is 14.2. The first-order valence-electron chi connectivity index (χ1n) is 6.56. The molecule has 1 aliphatic carbocycles. The van der Waals surface area contributed by atoms with Crippen LogP contribution in [0.25, 0.3) is 0 Å². The van der Waals surface area contributed by atoms with E-state index < -0.39 is 5.67 Å². The van der Waals surface area contributed by atoms with Crippen LogP contribution in [0.4, 0.5) is 4.39 Å². The topological polar surface area (TPSA) is 0 Å². The normalized spacial score (nSPS) is 35.2. The second-order valence-corrected chi connectivity index (χ2v) is 8.45. The standard InChI is InChI=1S/C15H29F/c1-12(2,3)8-9-15(10-13(4,5)6)11-14(15,7)16/h8-11H2,1-7H3/t14?,15-/m1/s1. The maximum atomic E-state index is 14.2. The summed E-state index contributed by atoms with van der Waals surface area (Å²) in [7, 11) is 0. The molecular weight excluding hydrogens is 199 g/mol. The van der Waals surface area contributed by atoms with E-state index in [2.05, 4.69) is 41.5 Å². The summed E-state index contributed by atoms with van der Waals surface area (Å²) >= 11 is 0. The molecule has 0 saturated heterocycles. The Kier molecular flexibility index (Phi) is 3.25. The minimum atomic E-state index is -0.911. The Hall–Kier alpha value is -0.0700. The minimum Gasteiger partial charge on any atom is -0.244 e. The van der Waals surface area contributed by atoms with Gasteiger partial charge >= 0.3 is 0 Å². The molecule has 1 fully saturated rings. The summed E-state index contributed by atoms with van der Waals surface area (Å²) in [4.78, 5) is 0. The van der Waals surface area contributed by atoms with E-state index in [1.54, 1.807) is 6.92 Å². The zero-order valence-corrected chi connectivity index (χ0v) is 12.2. The Morgan fingerprint density at radius 3 is 1.69 bits per heavy atom. The van der Waals surface area contributed by atoms with E-state index in [0.717, 1.165) is 25.7 Å². The molecule has 0 bridgehead atoms. The number of hydrogen-bond acceptors (Lipinski definition) is 0. The number of alkyl halides is 1. The van der Waals surface area contributed by atoms with Gasteiger partial charge in [0.15, 0.2) is 0 Å². The summed E-state index contributed by atoms with van der Waals surface area (Å²) in [5, 5.41) is 0. The van der Waals surface area contributed by atoms with E-state index in [0.29, 0.717) is 5.41 Å². The van der Waals surface area contributed by atoms with E-state index in [-0.39, 0.29) is 10.8 Å². The molecule has 0 aromatic carbocycles. The molecule has 0 heterocycles. The van der Waals surface area contributed by atoms with Crippen molar-refractivity contribution >= 4 is 0 Å². The van der Waals surface area contributed by atoms with Gasteiger partial charge in [0, 0.05) is 5.41 Å². The first-order chi connectivity index (χ1) is 6.87. The van der Waals surface area contributed by atoms with Gasteiger partial charge in [-0.25, -0.2) is 4.39 Å². The highest BCUT2D eigenvalue weighted by molar-refractivity contribution is 5.14. The Balaban J connectivity index is 2.64. The molecule has 0 N–H and O–H groups in total. The van der Waals surface area contributed by atoms with Gasteiger partial charge in [-0.1, -0.05) is 41.5 Å². The Morgan fingerprint density at radius 2 is 1.44 bits per heavy atom. The zero-order valence-electron chi connectivity index (χ0n) is 12.2. The van der Waals surface area contributed by atoms with Crippen LogP contribution in [0.2, 0.25) is 0 Å². The van der Waals surface area contributed by atoms with Crippen molar-refractivity contribution in [2.75, 3.05) is 0 Å². The van der Waals surface area contributed by atoms with Crippen LogP contribution in [0.1, 0.15) is 74.1 Å². The summed E-state index contributed by atoms with van der Waals surface area (Å²) in [5.74, 6) is 0. The van der Waals surface area contributed by atoms with Crippen LogP contribution in [0, 0.1) is 16.2 Å². The fraction of sp³-hybridized carbons (Fsp3) is 1.00. The average Bonchev–Trinajstić information content (AvgIpc) is 2.44. The van der Waals surface area contributed by atoms with Gasteiger partial charge in [0.25, 0.3) is 0 Å². The highest BCUT2D eigenvalue weighted by atomic mass is 19.1. The summed E-state index contributed by atoms with van der Waals surface area (Å²) in [6.45, 7) is 15.2. The lowest BCUT2D eigenvalue weighted by Gasteiger charge is -2.30. The van der Waals surface area contributed by atoms with Crippen LogP contribution in [0.5, 0.6) is 0 Å². The average molecular weight is 228 g/mol. The predicted octanol–water partition coefficient (Wildman–Crippen LogP) is 5.37. The lowest BCUT2D eigenvalue weighted by atomic mass is 9.76. The van der Waals surface area contributed by atoms with Crippen LogP contribution in [-0.4, -0.2) is 5.67 Å². The molecular formula is C15H29F. The molecule has 1 aliphatic rings. The largest absolute Gasteiger partial charge is 0.244 e. The first-order valence-corrected chi connectivity index (χ1v) is 6.56. The van der Waals surface area contributed by atoms with Crippen molar-refractivity contribution in [2.24, 2.45) is 16.2 Å². The molecule has 0 aliphatic heterocycles. The van der Waals surface area contributed by atoms with Gasteiger partial charge in [-0.05, 0) is 43.4 Å². The van der Waals surface area contributed by atoms with Gasteiger partial charge in [-0.3, -0.25) is 0 Å². The lowest BCUT2D eigenvalue weighted by molar-refractivity contribution is 0.156. The smallest absolute Gasteiger partial charge is 0.114 e. The molecule has 0 radical (unpaired) electrons. The van der Waals surface area contributed by atoms with E-state index in [1.807, 2.05) is 0 Å². The van der Waals surface area contributed by atoms with Crippen molar-refractivity contribution in [3.63, 3.8) is 0 Å². The van der Waals surface area contributed by atoms with Gasteiger partial charge in [-0.2, -0.15) is 0 Å². The van der Waals surface area contributed by atoms with Crippen molar-refractivity contribution in [3.8, 4) is 0 Å². The maximum absolute atomic E-state index is 14.2. The number of hydrogen-bond donors (Lipinski definition) is 0.